The van der Waals surface area contributed by atoms with Crippen LogP contribution in [0.4, 0.5) is 0 Å². The van der Waals surface area contributed by atoms with Gasteiger partial charge in [-0.25, -0.2) is 0 Å². The summed E-state index contributed by atoms with van der Waals surface area (Å²) in [5, 5.41) is 10.1. The lowest BCUT2D eigenvalue weighted by molar-refractivity contribution is -0.132. The highest BCUT2D eigenvalue weighted by molar-refractivity contribution is 5.82. The monoisotopic (exact) mass is 319 g/mol. The van der Waals surface area contributed by atoms with Gasteiger partial charge in [0.15, 0.2) is 0 Å². The fourth-order valence-corrected chi connectivity index (χ4v) is 2.68. The topological polar surface area (TPSA) is 82.4 Å². The molecule has 1 atom stereocenters. The average molecular weight is 319 g/mol. The van der Waals surface area contributed by atoms with Gasteiger partial charge in [-0.1, -0.05) is 30.3 Å². The van der Waals surface area contributed by atoms with E-state index in [4.69, 9.17) is 5.73 Å². The largest absolute Gasteiger partial charge is 0.339 e. The number of amides is 1. The summed E-state index contributed by atoms with van der Waals surface area (Å²) < 4.78 is 0. The summed E-state index contributed by atoms with van der Waals surface area (Å²) in [6, 6.07) is 9.47. The standard InChI is InChI=1S/C17H29N5O/c18-16(14-15-4-2-1-3-5-15)17(23)22-12-10-20-8-6-19-7-9-21-11-13-22/h1-5,16,19-21H,6-14,18H2/t16-/m0/s1. The quantitative estimate of drug-likeness (QED) is 0.584. The first kappa shape index (κ1) is 17.9. The smallest absolute Gasteiger partial charge is 0.239 e. The van der Waals surface area contributed by atoms with E-state index in [0.717, 1.165) is 44.8 Å². The first-order valence-electron chi connectivity index (χ1n) is 8.48. The van der Waals surface area contributed by atoms with Crippen molar-refractivity contribution in [2.75, 3.05) is 52.4 Å². The molecular weight excluding hydrogens is 290 g/mol. The second kappa shape index (κ2) is 10.3. The molecule has 2 rings (SSSR count). The van der Waals surface area contributed by atoms with E-state index in [1.165, 1.54) is 0 Å². The summed E-state index contributed by atoms with van der Waals surface area (Å²) in [6.07, 6.45) is 0.584. The van der Waals surface area contributed by atoms with Crippen molar-refractivity contribution >= 4 is 5.91 Å². The van der Waals surface area contributed by atoms with E-state index < -0.39 is 6.04 Å². The predicted molar refractivity (Wildman–Crippen MR) is 93.3 cm³/mol. The number of hydrogen-bond acceptors (Lipinski definition) is 5. The van der Waals surface area contributed by atoms with E-state index in [9.17, 15) is 4.79 Å². The van der Waals surface area contributed by atoms with Crippen LogP contribution in [-0.2, 0) is 11.2 Å². The Kier molecular flexibility index (Phi) is 8.03. The van der Waals surface area contributed by atoms with Crippen LogP contribution in [0, 0.1) is 0 Å². The molecule has 1 aromatic carbocycles. The van der Waals surface area contributed by atoms with Gasteiger partial charge in [-0.2, -0.15) is 0 Å². The predicted octanol–water partition coefficient (Wildman–Crippen LogP) is -0.833. The van der Waals surface area contributed by atoms with E-state index in [1.807, 2.05) is 35.2 Å². The highest BCUT2D eigenvalue weighted by atomic mass is 16.2. The van der Waals surface area contributed by atoms with E-state index in [-0.39, 0.29) is 5.91 Å². The molecule has 1 aliphatic heterocycles. The number of benzene rings is 1. The minimum Gasteiger partial charge on any atom is -0.339 e. The van der Waals surface area contributed by atoms with Gasteiger partial charge in [0, 0.05) is 52.4 Å². The SMILES string of the molecule is N[C@@H](Cc1ccccc1)C(=O)N1CCNCCNCCNCC1. The van der Waals surface area contributed by atoms with Gasteiger partial charge in [0.25, 0.3) is 0 Å². The zero-order valence-electron chi connectivity index (χ0n) is 13.8. The molecule has 1 aromatic rings. The maximum Gasteiger partial charge on any atom is 0.239 e. The molecule has 1 saturated heterocycles. The number of nitrogens with one attached hydrogen (secondary N) is 3. The third-order valence-corrected chi connectivity index (χ3v) is 4.00. The van der Waals surface area contributed by atoms with Crippen LogP contribution in [-0.4, -0.2) is 69.2 Å². The molecule has 0 spiro atoms. The van der Waals surface area contributed by atoms with Gasteiger partial charge in [0.1, 0.15) is 0 Å². The first-order valence-corrected chi connectivity index (χ1v) is 8.48. The molecule has 0 bridgehead atoms. The van der Waals surface area contributed by atoms with Crippen LogP contribution in [0.5, 0.6) is 0 Å². The van der Waals surface area contributed by atoms with Crippen LogP contribution in [0.25, 0.3) is 0 Å². The molecule has 1 heterocycles. The van der Waals surface area contributed by atoms with Crippen molar-refractivity contribution in [1.29, 1.82) is 0 Å². The van der Waals surface area contributed by atoms with E-state index >= 15 is 0 Å². The number of nitrogens with zero attached hydrogens (tertiary/aromatic N) is 1. The van der Waals surface area contributed by atoms with Crippen LogP contribution in [0.2, 0.25) is 0 Å². The molecule has 5 N–H and O–H groups in total. The van der Waals surface area contributed by atoms with Gasteiger partial charge < -0.3 is 26.6 Å². The number of nitrogens with two attached hydrogens (primary N) is 1. The second-order valence-electron chi connectivity index (χ2n) is 5.87. The third kappa shape index (κ3) is 6.66. The number of carbonyl (C=O) groups is 1. The maximum absolute atomic E-state index is 12.7. The van der Waals surface area contributed by atoms with Crippen molar-refractivity contribution in [1.82, 2.24) is 20.9 Å². The molecule has 128 valence electrons. The van der Waals surface area contributed by atoms with Crippen LogP contribution < -0.4 is 21.7 Å². The van der Waals surface area contributed by atoms with Gasteiger partial charge >= 0.3 is 0 Å². The molecule has 23 heavy (non-hydrogen) atoms. The molecule has 1 fully saturated rings. The van der Waals surface area contributed by atoms with Crippen molar-refractivity contribution in [3.63, 3.8) is 0 Å². The minimum atomic E-state index is -0.480. The highest BCUT2D eigenvalue weighted by Gasteiger charge is 2.20. The Labute approximate surface area is 138 Å². The first-order chi connectivity index (χ1) is 11.3. The normalized spacial score (nSPS) is 19.4. The van der Waals surface area contributed by atoms with E-state index in [0.29, 0.717) is 19.5 Å². The van der Waals surface area contributed by atoms with Gasteiger partial charge in [-0.15, -0.1) is 0 Å². The van der Waals surface area contributed by atoms with Crippen molar-refractivity contribution in [2.24, 2.45) is 5.73 Å². The van der Waals surface area contributed by atoms with Gasteiger partial charge in [0.2, 0.25) is 5.91 Å². The fraction of sp³-hybridized carbons (Fsp3) is 0.588. The van der Waals surface area contributed by atoms with Crippen molar-refractivity contribution < 1.29 is 4.79 Å². The number of rotatable bonds is 3. The number of hydrogen-bond donors (Lipinski definition) is 4. The minimum absolute atomic E-state index is 0.0348. The van der Waals surface area contributed by atoms with Gasteiger partial charge in [-0.3, -0.25) is 4.79 Å². The van der Waals surface area contributed by atoms with Crippen LogP contribution in [0.1, 0.15) is 5.56 Å². The molecule has 0 radical (unpaired) electrons. The Bertz CT molecular complexity index is 442. The Morgan fingerprint density at radius 1 is 0.957 bits per heavy atom. The highest BCUT2D eigenvalue weighted by Crippen LogP contribution is 2.04. The molecule has 0 aliphatic carbocycles. The molecule has 6 heteroatoms. The summed E-state index contributed by atoms with van der Waals surface area (Å²) in [6.45, 7) is 6.71. The summed E-state index contributed by atoms with van der Waals surface area (Å²) in [7, 11) is 0. The molecule has 0 unspecified atom stereocenters. The third-order valence-electron chi connectivity index (χ3n) is 4.00. The molecule has 1 amide bonds. The molecule has 0 aromatic heterocycles. The van der Waals surface area contributed by atoms with Crippen LogP contribution >= 0.6 is 0 Å². The lowest BCUT2D eigenvalue weighted by Gasteiger charge is -2.26. The summed E-state index contributed by atoms with van der Waals surface area (Å²) >= 11 is 0. The van der Waals surface area contributed by atoms with Crippen LogP contribution in [0.3, 0.4) is 0 Å². The van der Waals surface area contributed by atoms with Crippen molar-refractivity contribution in [3.05, 3.63) is 35.9 Å². The van der Waals surface area contributed by atoms with E-state index in [1.54, 1.807) is 0 Å². The van der Waals surface area contributed by atoms with Crippen molar-refractivity contribution in [3.8, 4) is 0 Å². The summed E-state index contributed by atoms with van der Waals surface area (Å²) in [4.78, 5) is 14.5. The maximum atomic E-state index is 12.7. The van der Waals surface area contributed by atoms with Crippen molar-refractivity contribution in [2.45, 2.75) is 12.5 Å². The lowest BCUT2D eigenvalue weighted by atomic mass is 10.1. The Hall–Kier alpha value is -1.47. The Morgan fingerprint density at radius 3 is 2.04 bits per heavy atom. The van der Waals surface area contributed by atoms with E-state index in [2.05, 4.69) is 16.0 Å². The second-order valence-corrected chi connectivity index (χ2v) is 5.87. The molecule has 0 saturated carbocycles. The molecule has 6 nitrogen and oxygen atoms in total. The lowest BCUT2D eigenvalue weighted by Crippen LogP contribution is -2.50. The average Bonchev–Trinajstić information content (AvgIpc) is 2.56. The Balaban J connectivity index is 1.87. The molecule has 1 aliphatic rings. The zero-order chi connectivity index (χ0) is 16.3. The van der Waals surface area contributed by atoms with Crippen LogP contribution in [0.15, 0.2) is 30.3 Å². The summed E-state index contributed by atoms with van der Waals surface area (Å²) in [5.74, 6) is 0.0348. The molecular formula is C17H29N5O. The fourth-order valence-electron chi connectivity index (χ4n) is 2.68. The number of carbonyl (C=O) groups excluding carboxylic acids is 1. The van der Waals surface area contributed by atoms with Gasteiger partial charge in [-0.05, 0) is 12.0 Å². The summed E-state index contributed by atoms with van der Waals surface area (Å²) in [5.41, 5.74) is 7.26. The Morgan fingerprint density at radius 2 is 1.48 bits per heavy atom. The van der Waals surface area contributed by atoms with Gasteiger partial charge in [0.05, 0.1) is 6.04 Å². The zero-order valence-corrected chi connectivity index (χ0v) is 13.8.